The molecule has 0 bridgehead atoms. The van der Waals surface area contributed by atoms with E-state index in [0.29, 0.717) is 11.4 Å². The highest BCUT2D eigenvalue weighted by molar-refractivity contribution is 7.09. The van der Waals surface area contributed by atoms with Gasteiger partial charge in [0.2, 0.25) is 0 Å². The van der Waals surface area contributed by atoms with Gasteiger partial charge in [0.05, 0.1) is 5.69 Å². The SMILES string of the molecule is Cc1ccc([C@H](C(=O)NCc2ccccc2)N(C(=O)c2snc(C(N)=O)c2N)c2ccc(C(C)C)cc2)o1. The Morgan fingerprint density at radius 2 is 1.71 bits per heavy atom. The lowest BCUT2D eigenvalue weighted by Crippen LogP contribution is -2.43. The van der Waals surface area contributed by atoms with E-state index in [2.05, 4.69) is 23.5 Å². The molecule has 2 aromatic heterocycles. The normalized spacial score (nSPS) is 11.8. The quantitative estimate of drug-likeness (QED) is 0.289. The van der Waals surface area contributed by atoms with Gasteiger partial charge in [-0.1, -0.05) is 56.3 Å². The number of hydrogen-bond acceptors (Lipinski definition) is 7. The number of carbonyl (C=O) groups excluding carboxylic acids is 3. The molecule has 0 aliphatic carbocycles. The van der Waals surface area contributed by atoms with Crippen molar-refractivity contribution < 1.29 is 18.8 Å². The Morgan fingerprint density at radius 3 is 2.26 bits per heavy atom. The van der Waals surface area contributed by atoms with Crippen molar-refractivity contribution in [1.82, 2.24) is 9.69 Å². The first-order valence-electron chi connectivity index (χ1n) is 12.0. The van der Waals surface area contributed by atoms with Crippen LogP contribution < -0.4 is 21.7 Å². The summed E-state index contributed by atoms with van der Waals surface area (Å²) < 4.78 is 9.85. The van der Waals surface area contributed by atoms with E-state index in [9.17, 15) is 14.4 Å². The predicted octanol–water partition coefficient (Wildman–Crippen LogP) is 4.55. The largest absolute Gasteiger partial charge is 0.464 e. The van der Waals surface area contributed by atoms with Crippen LogP contribution in [0.3, 0.4) is 0 Å². The van der Waals surface area contributed by atoms with Gasteiger partial charge in [-0.15, -0.1) is 0 Å². The lowest BCUT2D eigenvalue weighted by atomic mass is 10.0. The first kappa shape index (κ1) is 26.6. The van der Waals surface area contributed by atoms with Gasteiger partial charge in [-0.3, -0.25) is 19.3 Å². The molecule has 2 heterocycles. The number of anilines is 2. The fraction of sp³-hybridized carbons (Fsp3) is 0.214. The molecule has 5 N–H and O–H groups in total. The van der Waals surface area contributed by atoms with Gasteiger partial charge in [0.15, 0.2) is 11.7 Å². The summed E-state index contributed by atoms with van der Waals surface area (Å²) in [6.07, 6.45) is 0. The van der Waals surface area contributed by atoms with Crippen molar-refractivity contribution in [1.29, 1.82) is 0 Å². The molecule has 4 aromatic rings. The van der Waals surface area contributed by atoms with Crippen LogP contribution in [0.5, 0.6) is 0 Å². The van der Waals surface area contributed by atoms with Crippen LogP contribution >= 0.6 is 11.5 Å². The standard InChI is InChI=1S/C28H29N5O4S/c1-16(2)19-10-12-20(13-11-19)33(28(36)25-22(29)23(26(30)34)32-38-25)24(21-14-9-17(3)37-21)27(35)31-15-18-7-5-4-6-8-18/h4-14,16,24H,15,29H2,1-3H3,(H2,30,34)(H,31,35)/t24-/m1/s1. The van der Waals surface area contributed by atoms with Gasteiger partial charge >= 0.3 is 0 Å². The zero-order valence-corrected chi connectivity index (χ0v) is 22.1. The summed E-state index contributed by atoms with van der Waals surface area (Å²) in [6.45, 7) is 6.13. The molecular weight excluding hydrogens is 502 g/mol. The van der Waals surface area contributed by atoms with Crippen molar-refractivity contribution >= 4 is 40.6 Å². The van der Waals surface area contributed by atoms with E-state index in [1.807, 2.05) is 42.5 Å². The number of nitrogen functional groups attached to an aromatic ring is 1. The second-order valence-corrected chi connectivity index (χ2v) is 9.89. The van der Waals surface area contributed by atoms with E-state index in [0.717, 1.165) is 22.7 Å². The van der Waals surface area contributed by atoms with Gasteiger partial charge in [0.25, 0.3) is 17.7 Å². The number of primary amides is 1. The maximum Gasteiger partial charge on any atom is 0.273 e. The number of nitrogens with zero attached hydrogens (tertiary/aromatic N) is 2. The van der Waals surface area contributed by atoms with Crippen molar-refractivity contribution in [3.05, 3.63) is 99.9 Å². The zero-order chi connectivity index (χ0) is 27.4. The number of nitrogens with two attached hydrogens (primary N) is 2. The molecular formula is C28H29N5O4S. The Morgan fingerprint density at radius 1 is 1.03 bits per heavy atom. The minimum absolute atomic E-state index is 0.00382. The van der Waals surface area contributed by atoms with E-state index in [1.165, 1.54) is 4.90 Å². The Labute approximate surface area is 224 Å². The number of nitrogens with one attached hydrogen (secondary N) is 1. The van der Waals surface area contributed by atoms with Crippen LogP contribution in [0.25, 0.3) is 0 Å². The molecule has 0 radical (unpaired) electrons. The topological polar surface area (TPSA) is 145 Å². The number of carbonyl (C=O) groups is 3. The van der Waals surface area contributed by atoms with E-state index < -0.39 is 23.8 Å². The van der Waals surface area contributed by atoms with Crippen LogP contribution in [0.15, 0.2) is 71.1 Å². The van der Waals surface area contributed by atoms with Gasteiger partial charge < -0.3 is 21.2 Å². The molecule has 0 aliphatic heterocycles. The highest BCUT2D eigenvalue weighted by atomic mass is 32.1. The Kier molecular flexibility index (Phi) is 7.92. The van der Waals surface area contributed by atoms with Crippen LogP contribution in [-0.4, -0.2) is 22.1 Å². The van der Waals surface area contributed by atoms with Gasteiger partial charge in [0.1, 0.15) is 16.4 Å². The van der Waals surface area contributed by atoms with Gasteiger partial charge in [-0.25, -0.2) is 0 Å². The Balaban J connectivity index is 1.81. The molecule has 0 saturated heterocycles. The third kappa shape index (κ3) is 5.60. The average Bonchev–Trinajstić information content (AvgIpc) is 3.51. The summed E-state index contributed by atoms with van der Waals surface area (Å²) in [6, 6.07) is 19.0. The van der Waals surface area contributed by atoms with Gasteiger partial charge in [-0.2, -0.15) is 4.37 Å². The monoisotopic (exact) mass is 531 g/mol. The first-order chi connectivity index (χ1) is 18.2. The summed E-state index contributed by atoms with van der Waals surface area (Å²) in [7, 11) is 0. The lowest BCUT2D eigenvalue weighted by Gasteiger charge is -2.30. The summed E-state index contributed by atoms with van der Waals surface area (Å²) in [5.41, 5.74) is 13.6. The molecule has 0 aliphatic rings. The molecule has 1 atom stereocenters. The Hall–Kier alpha value is -4.44. The summed E-state index contributed by atoms with van der Waals surface area (Å²) >= 11 is 0.754. The molecule has 2 aromatic carbocycles. The molecule has 0 saturated carbocycles. The van der Waals surface area contributed by atoms with Gasteiger partial charge in [0, 0.05) is 12.2 Å². The van der Waals surface area contributed by atoms with E-state index >= 15 is 0 Å². The molecule has 3 amide bonds. The average molecular weight is 532 g/mol. The van der Waals surface area contributed by atoms with Crippen LogP contribution in [-0.2, 0) is 11.3 Å². The fourth-order valence-electron chi connectivity index (χ4n) is 4.00. The molecule has 196 valence electrons. The number of rotatable bonds is 9. The van der Waals surface area contributed by atoms with Crippen molar-refractivity contribution in [2.45, 2.75) is 39.3 Å². The zero-order valence-electron chi connectivity index (χ0n) is 21.3. The number of benzene rings is 2. The van der Waals surface area contributed by atoms with Crippen LogP contribution in [0, 0.1) is 6.92 Å². The summed E-state index contributed by atoms with van der Waals surface area (Å²) in [4.78, 5) is 40.9. The van der Waals surface area contributed by atoms with Crippen LogP contribution in [0.4, 0.5) is 11.4 Å². The molecule has 4 rings (SSSR count). The molecule has 0 spiro atoms. The van der Waals surface area contributed by atoms with Crippen molar-refractivity contribution in [3.8, 4) is 0 Å². The number of furan rings is 1. The van der Waals surface area contributed by atoms with E-state index in [4.69, 9.17) is 15.9 Å². The summed E-state index contributed by atoms with van der Waals surface area (Å²) in [5, 5.41) is 2.92. The fourth-order valence-corrected chi connectivity index (χ4v) is 4.74. The highest BCUT2D eigenvalue weighted by Crippen LogP contribution is 2.34. The molecule has 10 heteroatoms. The highest BCUT2D eigenvalue weighted by Gasteiger charge is 2.37. The maximum absolute atomic E-state index is 14.1. The van der Waals surface area contributed by atoms with Crippen molar-refractivity contribution in [2.24, 2.45) is 5.73 Å². The molecule has 0 fully saturated rings. The second-order valence-electron chi connectivity index (χ2n) is 9.11. The Bertz CT molecular complexity index is 1440. The maximum atomic E-state index is 14.1. The molecule has 0 unspecified atom stereocenters. The minimum atomic E-state index is -1.18. The number of hydrogen-bond donors (Lipinski definition) is 3. The number of aromatic nitrogens is 1. The van der Waals surface area contributed by atoms with Gasteiger partial charge in [-0.05, 0) is 59.8 Å². The van der Waals surface area contributed by atoms with E-state index in [-0.39, 0.29) is 34.5 Å². The first-order valence-corrected chi connectivity index (χ1v) is 12.8. The van der Waals surface area contributed by atoms with Crippen molar-refractivity contribution in [2.75, 3.05) is 10.6 Å². The predicted molar refractivity (Wildman–Crippen MR) is 147 cm³/mol. The third-order valence-corrected chi connectivity index (χ3v) is 6.91. The molecule has 38 heavy (non-hydrogen) atoms. The van der Waals surface area contributed by atoms with Crippen LogP contribution in [0.1, 0.15) is 68.6 Å². The smallest absolute Gasteiger partial charge is 0.273 e. The summed E-state index contributed by atoms with van der Waals surface area (Å²) in [5.74, 6) is -0.795. The molecule has 9 nitrogen and oxygen atoms in total. The number of amides is 3. The van der Waals surface area contributed by atoms with Crippen LogP contribution in [0.2, 0.25) is 0 Å². The lowest BCUT2D eigenvalue weighted by molar-refractivity contribution is -0.123. The number of aryl methyl sites for hydroxylation is 1. The minimum Gasteiger partial charge on any atom is -0.464 e. The van der Waals surface area contributed by atoms with Crippen molar-refractivity contribution in [3.63, 3.8) is 0 Å². The third-order valence-electron chi connectivity index (χ3n) is 6.06. The van der Waals surface area contributed by atoms with E-state index in [1.54, 1.807) is 31.2 Å². The second kappa shape index (κ2) is 11.3.